The molecular weight excluding hydrogens is 331 g/mol. The molecule has 0 bridgehead atoms. The molecule has 1 aromatic carbocycles. The van der Waals surface area contributed by atoms with Crippen LogP contribution in [-0.4, -0.2) is 24.7 Å². The Morgan fingerprint density at radius 3 is 2.64 bits per heavy atom. The van der Waals surface area contributed by atoms with E-state index in [1.165, 1.54) is 0 Å². The number of rotatable bonds is 6. The average molecular weight is 357 g/mol. The molecule has 1 aromatic rings. The highest BCUT2D eigenvalue weighted by Gasteiger charge is 2.45. The van der Waals surface area contributed by atoms with E-state index in [4.69, 9.17) is 4.74 Å². The van der Waals surface area contributed by atoms with Crippen LogP contribution < -0.4 is 10.1 Å². The Labute approximate surface area is 146 Å². The van der Waals surface area contributed by atoms with E-state index in [9.17, 15) is 18.0 Å². The molecule has 0 spiro atoms. The van der Waals surface area contributed by atoms with Crippen molar-refractivity contribution in [3.8, 4) is 5.75 Å². The largest absolute Gasteiger partial charge is 0.483 e. The number of carbonyl (C=O) groups is 1. The minimum absolute atomic E-state index is 0.0755. The van der Waals surface area contributed by atoms with Crippen LogP contribution in [0.4, 0.5) is 13.2 Å². The number of hydrogen-bond donors (Lipinski definition) is 1. The quantitative estimate of drug-likeness (QED) is 0.793. The van der Waals surface area contributed by atoms with Gasteiger partial charge in [-0.25, -0.2) is 0 Å². The molecule has 1 N–H and O–H groups in total. The second-order valence-corrected chi connectivity index (χ2v) is 6.74. The highest BCUT2D eigenvalue weighted by molar-refractivity contribution is 5.78. The first-order chi connectivity index (χ1) is 11.8. The number of benzene rings is 1. The lowest BCUT2D eigenvalue weighted by atomic mass is 9.84. The molecule has 140 valence electrons. The monoisotopic (exact) mass is 357 g/mol. The number of amides is 1. The summed E-state index contributed by atoms with van der Waals surface area (Å²) in [6.45, 7) is 3.86. The molecule has 0 heterocycles. The minimum atomic E-state index is -4.28. The lowest BCUT2D eigenvalue weighted by Gasteiger charge is -2.33. The van der Waals surface area contributed by atoms with Crippen LogP contribution in [-0.2, 0) is 4.79 Å². The van der Waals surface area contributed by atoms with E-state index in [0.717, 1.165) is 12.0 Å². The molecule has 1 fully saturated rings. The molecule has 2 rings (SSSR count). The Balaban J connectivity index is 1.95. The number of alkyl halides is 3. The van der Waals surface area contributed by atoms with Crippen LogP contribution in [0.15, 0.2) is 24.3 Å². The van der Waals surface area contributed by atoms with Gasteiger partial charge in [-0.15, -0.1) is 0 Å². The zero-order chi connectivity index (χ0) is 18.4. The van der Waals surface area contributed by atoms with Gasteiger partial charge in [0.25, 0.3) is 5.91 Å². The third kappa shape index (κ3) is 5.38. The van der Waals surface area contributed by atoms with E-state index >= 15 is 0 Å². The Morgan fingerprint density at radius 1 is 1.28 bits per heavy atom. The summed E-state index contributed by atoms with van der Waals surface area (Å²) in [5, 5.41) is 2.52. The molecule has 1 saturated carbocycles. The molecule has 3 atom stereocenters. The fourth-order valence-corrected chi connectivity index (χ4v) is 3.33. The molecule has 1 aliphatic rings. The van der Waals surface area contributed by atoms with Crippen molar-refractivity contribution in [2.75, 3.05) is 6.61 Å². The maximum absolute atomic E-state index is 13.1. The van der Waals surface area contributed by atoms with E-state index in [2.05, 4.69) is 19.2 Å². The molecule has 25 heavy (non-hydrogen) atoms. The third-order valence-electron chi connectivity index (χ3n) is 4.95. The molecule has 1 amide bonds. The van der Waals surface area contributed by atoms with Crippen LogP contribution in [0.25, 0.3) is 0 Å². The normalized spacial score (nSPS) is 22.3. The second kappa shape index (κ2) is 8.59. The molecule has 0 aliphatic heterocycles. The van der Waals surface area contributed by atoms with Crippen LogP contribution in [0.2, 0.25) is 0 Å². The van der Waals surface area contributed by atoms with Crippen LogP contribution in [0.1, 0.15) is 57.4 Å². The highest BCUT2D eigenvalue weighted by Crippen LogP contribution is 2.37. The van der Waals surface area contributed by atoms with Crippen molar-refractivity contribution >= 4 is 5.91 Å². The molecular formula is C19H26F3NO2. The summed E-state index contributed by atoms with van der Waals surface area (Å²) in [6, 6.07) is 6.61. The van der Waals surface area contributed by atoms with Gasteiger partial charge in [0.2, 0.25) is 0 Å². The smallest absolute Gasteiger partial charge is 0.393 e. The van der Waals surface area contributed by atoms with Gasteiger partial charge in [-0.2, -0.15) is 13.2 Å². The first-order valence-corrected chi connectivity index (χ1v) is 8.90. The SMILES string of the molecule is CCC(C)c1ccccc1OCC(=O)NC1CCCCC1C(F)(F)F. The van der Waals surface area contributed by atoms with Crippen molar-refractivity contribution < 1.29 is 22.7 Å². The fourth-order valence-electron chi connectivity index (χ4n) is 3.33. The number of hydrogen-bond acceptors (Lipinski definition) is 2. The second-order valence-electron chi connectivity index (χ2n) is 6.74. The Kier molecular flexibility index (Phi) is 6.73. The summed E-state index contributed by atoms with van der Waals surface area (Å²) in [7, 11) is 0. The van der Waals surface area contributed by atoms with Crippen LogP contribution in [0.3, 0.4) is 0 Å². The zero-order valence-electron chi connectivity index (χ0n) is 14.7. The first-order valence-electron chi connectivity index (χ1n) is 8.90. The lowest BCUT2D eigenvalue weighted by molar-refractivity contribution is -0.189. The zero-order valence-corrected chi connectivity index (χ0v) is 14.7. The minimum Gasteiger partial charge on any atom is -0.483 e. The Morgan fingerprint density at radius 2 is 1.96 bits per heavy atom. The summed E-state index contributed by atoms with van der Waals surface area (Å²) in [4.78, 5) is 12.1. The van der Waals surface area contributed by atoms with Crippen molar-refractivity contribution in [1.29, 1.82) is 0 Å². The number of para-hydroxylation sites is 1. The van der Waals surface area contributed by atoms with E-state index in [-0.39, 0.29) is 18.9 Å². The number of carbonyl (C=O) groups excluding carboxylic acids is 1. The Hall–Kier alpha value is -1.72. The first kappa shape index (κ1) is 19.6. The number of halogens is 3. The molecule has 6 heteroatoms. The van der Waals surface area contributed by atoms with E-state index < -0.39 is 24.0 Å². The van der Waals surface area contributed by atoms with Gasteiger partial charge >= 0.3 is 6.18 Å². The van der Waals surface area contributed by atoms with Crippen LogP contribution in [0.5, 0.6) is 5.75 Å². The van der Waals surface area contributed by atoms with Crippen molar-refractivity contribution in [2.45, 2.75) is 64.1 Å². The summed E-state index contributed by atoms with van der Waals surface area (Å²) in [5.41, 5.74) is 1.00. The van der Waals surface area contributed by atoms with E-state index in [1.54, 1.807) is 6.07 Å². The van der Waals surface area contributed by atoms with Gasteiger partial charge in [-0.3, -0.25) is 4.79 Å². The number of nitrogens with one attached hydrogen (secondary N) is 1. The predicted molar refractivity (Wildman–Crippen MR) is 90.6 cm³/mol. The van der Waals surface area contributed by atoms with Gasteiger partial charge in [0.1, 0.15) is 5.75 Å². The van der Waals surface area contributed by atoms with Gasteiger partial charge in [-0.1, -0.05) is 44.9 Å². The molecule has 0 aromatic heterocycles. The Bertz CT molecular complexity index is 574. The van der Waals surface area contributed by atoms with Crippen molar-refractivity contribution in [3.63, 3.8) is 0 Å². The third-order valence-corrected chi connectivity index (χ3v) is 4.95. The maximum atomic E-state index is 13.1. The standard InChI is InChI=1S/C19H26F3NO2/c1-3-13(2)14-8-4-7-11-17(14)25-12-18(24)23-16-10-6-5-9-15(16)19(20,21)22/h4,7-8,11,13,15-16H,3,5-6,9-10,12H2,1-2H3,(H,23,24). The van der Waals surface area contributed by atoms with Gasteiger partial charge in [-0.05, 0) is 36.8 Å². The predicted octanol–water partition coefficient (Wildman–Crippen LogP) is 4.82. The van der Waals surface area contributed by atoms with Crippen LogP contribution >= 0.6 is 0 Å². The highest BCUT2D eigenvalue weighted by atomic mass is 19.4. The average Bonchev–Trinajstić information content (AvgIpc) is 2.59. The summed E-state index contributed by atoms with van der Waals surface area (Å²) in [6.07, 6.45) is -1.65. The molecule has 3 nitrogen and oxygen atoms in total. The van der Waals surface area contributed by atoms with Crippen molar-refractivity contribution in [3.05, 3.63) is 29.8 Å². The summed E-state index contributed by atoms with van der Waals surface area (Å²) in [5.74, 6) is -1.06. The van der Waals surface area contributed by atoms with Gasteiger partial charge in [0, 0.05) is 6.04 Å². The molecule has 1 aliphatic carbocycles. The fraction of sp³-hybridized carbons (Fsp3) is 0.632. The van der Waals surface area contributed by atoms with E-state index in [1.807, 2.05) is 18.2 Å². The van der Waals surface area contributed by atoms with Gasteiger partial charge in [0.15, 0.2) is 6.61 Å². The van der Waals surface area contributed by atoms with Crippen LogP contribution in [0, 0.1) is 5.92 Å². The molecule has 3 unspecified atom stereocenters. The number of ether oxygens (including phenoxy) is 1. The van der Waals surface area contributed by atoms with Gasteiger partial charge in [0.05, 0.1) is 5.92 Å². The molecule has 0 saturated heterocycles. The molecule has 0 radical (unpaired) electrons. The van der Waals surface area contributed by atoms with Crippen molar-refractivity contribution in [1.82, 2.24) is 5.32 Å². The van der Waals surface area contributed by atoms with Crippen molar-refractivity contribution in [2.24, 2.45) is 5.92 Å². The summed E-state index contributed by atoms with van der Waals surface area (Å²) >= 11 is 0. The topological polar surface area (TPSA) is 38.3 Å². The van der Waals surface area contributed by atoms with E-state index in [0.29, 0.717) is 25.0 Å². The lowest BCUT2D eigenvalue weighted by Crippen LogP contribution is -2.48. The maximum Gasteiger partial charge on any atom is 0.393 e. The summed E-state index contributed by atoms with van der Waals surface area (Å²) < 4.78 is 44.9. The van der Waals surface area contributed by atoms with Gasteiger partial charge < -0.3 is 10.1 Å².